The minimum atomic E-state index is 0.812. The molecule has 0 rings (SSSR count). The molecule has 1 unspecified atom stereocenters. The van der Waals surface area contributed by atoms with E-state index in [4.69, 9.17) is 0 Å². The van der Waals surface area contributed by atoms with Crippen molar-refractivity contribution in [1.29, 1.82) is 0 Å². The second kappa shape index (κ2) is 23.0. The third-order valence-corrected chi connectivity index (χ3v) is 6.17. The van der Waals surface area contributed by atoms with Crippen LogP contribution in [0.4, 0.5) is 0 Å². The summed E-state index contributed by atoms with van der Waals surface area (Å²) in [5.41, 5.74) is 0. The second-order valence-electron chi connectivity index (χ2n) is 9.19. The monoisotopic (exact) mass is 393 g/mol. The van der Waals surface area contributed by atoms with Crippen molar-refractivity contribution in [1.82, 2.24) is 4.90 Å². The predicted octanol–water partition coefficient (Wildman–Crippen LogP) is 9.31. The molecular weight excluding hydrogens is 338 g/mol. The van der Waals surface area contributed by atoms with Crippen molar-refractivity contribution in [3.05, 3.63) is 12.2 Å². The van der Waals surface area contributed by atoms with E-state index in [-0.39, 0.29) is 0 Å². The lowest BCUT2D eigenvalue weighted by molar-refractivity contribution is 0.251. The molecule has 0 spiro atoms. The number of rotatable bonds is 22. The molecule has 0 N–H and O–H groups in total. The first kappa shape index (κ1) is 27.7. The Kier molecular flexibility index (Phi) is 22.7. The summed E-state index contributed by atoms with van der Waals surface area (Å²) >= 11 is 0. The smallest absolute Gasteiger partial charge is 0.00891 e. The van der Waals surface area contributed by atoms with Crippen LogP contribution in [0.3, 0.4) is 0 Å². The molecule has 0 amide bonds. The molecule has 28 heavy (non-hydrogen) atoms. The highest BCUT2D eigenvalue weighted by molar-refractivity contribution is 4.81. The van der Waals surface area contributed by atoms with Gasteiger partial charge in [-0.15, -0.1) is 0 Å². The van der Waals surface area contributed by atoms with Crippen LogP contribution in [0.5, 0.6) is 0 Å². The molecule has 168 valence electrons. The molecule has 0 saturated heterocycles. The number of hydrogen-bond donors (Lipinski definition) is 0. The molecule has 0 radical (unpaired) electrons. The predicted molar refractivity (Wildman–Crippen MR) is 130 cm³/mol. The van der Waals surface area contributed by atoms with Crippen LogP contribution < -0.4 is 0 Å². The van der Waals surface area contributed by atoms with Crippen LogP contribution in [0, 0.1) is 0 Å². The van der Waals surface area contributed by atoms with E-state index in [1.54, 1.807) is 0 Å². The molecule has 1 heteroatoms. The SMILES string of the molecule is CCCCCCCC/C=C\CCCCCCCC(CCCCCCC)N(C)C. The Balaban J connectivity index is 3.42. The lowest BCUT2D eigenvalue weighted by Crippen LogP contribution is -2.27. The van der Waals surface area contributed by atoms with Crippen molar-refractivity contribution in [3.63, 3.8) is 0 Å². The van der Waals surface area contributed by atoms with Crippen molar-refractivity contribution in [3.8, 4) is 0 Å². The molecule has 0 aromatic carbocycles. The fraction of sp³-hybridized carbons (Fsp3) is 0.926. The van der Waals surface area contributed by atoms with Gasteiger partial charge in [0.2, 0.25) is 0 Å². The summed E-state index contributed by atoms with van der Waals surface area (Å²) in [5, 5.41) is 0. The molecule has 0 aliphatic carbocycles. The first-order chi connectivity index (χ1) is 13.7. The Morgan fingerprint density at radius 3 is 1.25 bits per heavy atom. The van der Waals surface area contributed by atoms with Gasteiger partial charge in [0.1, 0.15) is 0 Å². The highest BCUT2D eigenvalue weighted by Crippen LogP contribution is 2.17. The van der Waals surface area contributed by atoms with Crippen LogP contribution in [0.25, 0.3) is 0 Å². The van der Waals surface area contributed by atoms with Gasteiger partial charge in [-0.1, -0.05) is 116 Å². The van der Waals surface area contributed by atoms with Gasteiger partial charge >= 0.3 is 0 Å². The largest absolute Gasteiger partial charge is 0.306 e. The molecule has 0 fully saturated rings. The quantitative estimate of drug-likeness (QED) is 0.131. The standard InChI is InChI=1S/C27H55N/c1-5-7-9-11-12-13-14-15-16-17-18-19-20-22-24-26-27(28(3)4)25-23-21-10-8-6-2/h15-16,27H,5-14,17-26H2,1-4H3/b16-15-. The minimum absolute atomic E-state index is 0.812. The molecule has 0 aliphatic heterocycles. The Morgan fingerprint density at radius 2 is 0.857 bits per heavy atom. The number of hydrogen-bond acceptors (Lipinski definition) is 1. The molecule has 0 bridgehead atoms. The summed E-state index contributed by atoms with van der Waals surface area (Å²) < 4.78 is 0. The van der Waals surface area contributed by atoms with Crippen LogP contribution in [-0.2, 0) is 0 Å². The van der Waals surface area contributed by atoms with Gasteiger partial charge in [-0.25, -0.2) is 0 Å². The van der Waals surface area contributed by atoms with Crippen molar-refractivity contribution in [2.75, 3.05) is 14.1 Å². The normalized spacial score (nSPS) is 13.0. The topological polar surface area (TPSA) is 3.24 Å². The summed E-state index contributed by atoms with van der Waals surface area (Å²) in [7, 11) is 4.54. The molecule has 1 atom stereocenters. The van der Waals surface area contributed by atoms with Gasteiger partial charge in [0.05, 0.1) is 0 Å². The van der Waals surface area contributed by atoms with E-state index >= 15 is 0 Å². The summed E-state index contributed by atoms with van der Waals surface area (Å²) in [6.45, 7) is 4.59. The maximum atomic E-state index is 2.47. The van der Waals surface area contributed by atoms with E-state index in [9.17, 15) is 0 Å². The van der Waals surface area contributed by atoms with Gasteiger partial charge in [0.25, 0.3) is 0 Å². The molecule has 1 nitrogen and oxygen atoms in total. The Morgan fingerprint density at radius 1 is 0.500 bits per heavy atom. The molecule has 0 aromatic heterocycles. The molecule has 0 aromatic rings. The van der Waals surface area contributed by atoms with Gasteiger partial charge in [-0.05, 0) is 52.6 Å². The van der Waals surface area contributed by atoms with Crippen LogP contribution in [0.15, 0.2) is 12.2 Å². The van der Waals surface area contributed by atoms with Crippen LogP contribution in [-0.4, -0.2) is 25.0 Å². The van der Waals surface area contributed by atoms with Crippen molar-refractivity contribution in [2.45, 2.75) is 148 Å². The van der Waals surface area contributed by atoms with Crippen LogP contribution in [0.1, 0.15) is 142 Å². The maximum Gasteiger partial charge on any atom is 0.00891 e. The summed E-state index contributed by atoms with van der Waals surface area (Å²) in [6.07, 6.45) is 32.9. The highest BCUT2D eigenvalue weighted by atomic mass is 15.1. The van der Waals surface area contributed by atoms with Gasteiger partial charge in [0, 0.05) is 6.04 Å². The lowest BCUT2D eigenvalue weighted by atomic mass is 9.99. The van der Waals surface area contributed by atoms with Crippen LogP contribution in [0.2, 0.25) is 0 Å². The Hall–Kier alpha value is -0.300. The molecule has 0 heterocycles. The highest BCUT2D eigenvalue weighted by Gasteiger charge is 2.10. The third kappa shape index (κ3) is 20.4. The Bertz CT molecular complexity index is 307. The van der Waals surface area contributed by atoms with E-state index in [2.05, 4.69) is 45.0 Å². The van der Waals surface area contributed by atoms with E-state index in [1.807, 2.05) is 0 Å². The molecule has 0 saturated carbocycles. The molecule has 0 aliphatic rings. The van der Waals surface area contributed by atoms with E-state index in [1.165, 1.54) is 128 Å². The zero-order chi connectivity index (χ0) is 20.7. The summed E-state index contributed by atoms with van der Waals surface area (Å²) in [4.78, 5) is 2.47. The average Bonchev–Trinajstić information content (AvgIpc) is 2.68. The summed E-state index contributed by atoms with van der Waals surface area (Å²) in [6, 6.07) is 0.812. The maximum absolute atomic E-state index is 2.47. The van der Waals surface area contributed by atoms with Gasteiger partial charge < -0.3 is 4.90 Å². The zero-order valence-corrected chi connectivity index (χ0v) is 20.3. The Labute approximate surface area is 179 Å². The zero-order valence-electron chi connectivity index (χ0n) is 20.3. The van der Waals surface area contributed by atoms with Crippen molar-refractivity contribution in [2.24, 2.45) is 0 Å². The average molecular weight is 394 g/mol. The number of unbranched alkanes of at least 4 members (excludes halogenated alkanes) is 15. The number of nitrogens with zero attached hydrogens (tertiary/aromatic N) is 1. The fourth-order valence-corrected chi connectivity index (χ4v) is 4.09. The van der Waals surface area contributed by atoms with Gasteiger partial charge in [-0.3, -0.25) is 0 Å². The van der Waals surface area contributed by atoms with Gasteiger partial charge in [-0.2, -0.15) is 0 Å². The fourth-order valence-electron chi connectivity index (χ4n) is 4.09. The third-order valence-electron chi connectivity index (χ3n) is 6.17. The first-order valence-electron chi connectivity index (χ1n) is 13.0. The molecular formula is C27H55N. The van der Waals surface area contributed by atoms with E-state index in [0.717, 1.165) is 6.04 Å². The van der Waals surface area contributed by atoms with Crippen LogP contribution >= 0.6 is 0 Å². The summed E-state index contributed by atoms with van der Waals surface area (Å²) in [5.74, 6) is 0. The van der Waals surface area contributed by atoms with E-state index < -0.39 is 0 Å². The van der Waals surface area contributed by atoms with Crippen molar-refractivity contribution >= 4 is 0 Å². The van der Waals surface area contributed by atoms with Crippen molar-refractivity contribution < 1.29 is 0 Å². The second-order valence-corrected chi connectivity index (χ2v) is 9.19. The lowest BCUT2D eigenvalue weighted by Gasteiger charge is -2.24. The number of allylic oxidation sites excluding steroid dienone is 2. The first-order valence-corrected chi connectivity index (χ1v) is 13.0. The van der Waals surface area contributed by atoms with Gasteiger partial charge in [0.15, 0.2) is 0 Å². The van der Waals surface area contributed by atoms with E-state index in [0.29, 0.717) is 0 Å². The minimum Gasteiger partial charge on any atom is -0.306 e.